The molecular weight excluding hydrogens is 289 g/mol. The van der Waals surface area contributed by atoms with Crippen molar-refractivity contribution in [3.8, 4) is 11.3 Å². The minimum atomic E-state index is -0.555. The normalized spacial score (nSPS) is 10.8. The van der Waals surface area contributed by atoms with Crippen LogP contribution in [0.15, 0.2) is 42.6 Å². The summed E-state index contributed by atoms with van der Waals surface area (Å²) >= 11 is 0. The van der Waals surface area contributed by atoms with Gasteiger partial charge in [-0.3, -0.25) is 19.3 Å². The van der Waals surface area contributed by atoms with E-state index in [1.807, 2.05) is 0 Å². The van der Waals surface area contributed by atoms with Crippen molar-refractivity contribution in [2.24, 2.45) is 0 Å². The number of nitro groups is 1. The van der Waals surface area contributed by atoms with Gasteiger partial charge in [0.1, 0.15) is 17.2 Å². The van der Waals surface area contributed by atoms with Gasteiger partial charge in [-0.05, 0) is 30.3 Å². The van der Waals surface area contributed by atoms with E-state index in [1.165, 1.54) is 47.7 Å². The number of Topliss-reactive ketones (excluding diaryl/α,β-unsaturated/α-hetero) is 1. The summed E-state index contributed by atoms with van der Waals surface area (Å²) in [6.07, 6.45) is 1.54. The summed E-state index contributed by atoms with van der Waals surface area (Å²) in [5.74, 6) is -0.699. The molecule has 0 unspecified atom stereocenters. The maximum Gasteiger partial charge on any atom is 0.312 e. The smallest absolute Gasteiger partial charge is 0.293 e. The van der Waals surface area contributed by atoms with Crippen molar-refractivity contribution >= 4 is 17.1 Å². The van der Waals surface area contributed by atoms with Crippen molar-refractivity contribution in [3.63, 3.8) is 0 Å². The lowest BCUT2D eigenvalue weighted by atomic mass is 10.1. The number of hydrogen-bond acceptors (Lipinski definition) is 4. The van der Waals surface area contributed by atoms with E-state index in [-0.39, 0.29) is 22.8 Å². The van der Waals surface area contributed by atoms with Gasteiger partial charge in [0.2, 0.25) is 5.65 Å². The van der Waals surface area contributed by atoms with E-state index in [2.05, 4.69) is 4.98 Å². The molecule has 7 heteroatoms. The van der Waals surface area contributed by atoms with Crippen LogP contribution < -0.4 is 0 Å². The van der Waals surface area contributed by atoms with Crippen LogP contribution in [0.3, 0.4) is 0 Å². The molecular formula is C15H10FN3O3. The highest BCUT2D eigenvalue weighted by molar-refractivity contribution is 6.00. The van der Waals surface area contributed by atoms with Gasteiger partial charge in [0.15, 0.2) is 5.78 Å². The summed E-state index contributed by atoms with van der Waals surface area (Å²) < 4.78 is 14.4. The lowest BCUT2D eigenvalue weighted by Crippen LogP contribution is -2.01. The topological polar surface area (TPSA) is 77.5 Å². The molecule has 2 aromatic heterocycles. The first-order valence-electron chi connectivity index (χ1n) is 6.41. The van der Waals surface area contributed by atoms with Crippen molar-refractivity contribution in [1.29, 1.82) is 0 Å². The number of imidazole rings is 1. The van der Waals surface area contributed by atoms with Gasteiger partial charge >= 0.3 is 5.69 Å². The second-order valence-corrected chi connectivity index (χ2v) is 4.72. The van der Waals surface area contributed by atoms with Gasteiger partial charge in [-0.15, -0.1) is 0 Å². The highest BCUT2D eigenvalue weighted by Gasteiger charge is 2.23. The van der Waals surface area contributed by atoms with Crippen LogP contribution in [0.5, 0.6) is 0 Å². The molecule has 0 N–H and O–H groups in total. The molecule has 0 radical (unpaired) electrons. The quantitative estimate of drug-likeness (QED) is 0.422. The van der Waals surface area contributed by atoms with Crippen LogP contribution in [0, 0.1) is 15.9 Å². The number of hydrogen-bond donors (Lipinski definition) is 0. The Morgan fingerprint density at radius 3 is 2.55 bits per heavy atom. The molecule has 0 saturated carbocycles. The molecule has 110 valence electrons. The summed E-state index contributed by atoms with van der Waals surface area (Å²) in [6.45, 7) is 1.36. The van der Waals surface area contributed by atoms with Gasteiger partial charge in [0.25, 0.3) is 0 Å². The molecule has 0 saturated heterocycles. The van der Waals surface area contributed by atoms with Crippen molar-refractivity contribution in [2.45, 2.75) is 6.92 Å². The maximum atomic E-state index is 13.1. The molecule has 0 aliphatic carbocycles. The highest BCUT2D eigenvalue weighted by Crippen LogP contribution is 2.29. The number of halogens is 1. The van der Waals surface area contributed by atoms with Gasteiger partial charge in [0, 0.05) is 24.8 Å². The molecule has 0 spiro atoms. The largest absolute Gasteiger partial charge is 0.312 e. The zero-order chi connectivity index (χ0) is 15.9. The number of pyridine rings is 1. The zero-order valence-corrected chi connectivity index (χ0v) is 11.5. The molecule has 1 aromatic carbocycles. The SMILES string of the molecule is CC(=O)c1c(-c2ccc(F)cc2)nc2c([N+](=O)[O-])cccn12. The third-order valence-corrected chi connectivity index (χ3v) is 3.28. The molecule has 3 aromatic rings. The average Bonchev–Trinajstić information content (AvgIpc) is 2.87. The first kappa shape index (κ1) is 13.9. The first-order chi connectivity index (χ1) is 10.5. The highest BCUT2D eigenvalue weighted by atomic mass is 19.1. The molecule has 0 aliphatic heterocycles. The Balaban J connectivity index is 2.37. The van der Waals surface area contributed by atoms with Crippen LogP contribution >= 0.6 is 0 Å². The van der Waals surface area contributed by atoms with Gasteiger partial charge in [-0.25, -0.2) is 9.37 Å². The Bertz CT molecular complexity index is 900. The summed E-state index contributed by atoms with van der Waals surface area (Å²) in [5, 5.41) is 11.1. The molecule has 0 atom stereocenters. The molecule has 22 heavy (non-hydrogen) atoms. The van der Waals surface area contributed by atoms with Gasteiger partial charge in [0.05, 0.1) is 4.92 Å². The van der Waals surface area contributed by atoms with E-state index in [4.69, 9.17) is 0 Å². The number of carbonyl (C=O) groups is 1. The van der Waals surface area contributed by atoms with E-state index in [0.717, 1.165) is 0 Å². The lowest BCUT2D eigenvalue weighted by molar-refractivity contribution is -0.383. The number of rotatable bonds is 3. The summed E-state index contributed by atoms with van der Waals surface area (Å²) in [4.78, 5) is 26.7. The average molecular weight is 299 g/mol. The summed E-state index contributed by atoms with van der Waals surface area (Å²) in [6, 6.07) is 8.26. The minimum absolute atomic E-state index is 0.0806. The van der Waals surface area contributed by atoms with E-state index >= 15 is 0 Å². The molecule has 6 nitrogen and oxygen atoms in total. The fourth-order valence-corrected chi connectivity index (χ4v) is 2.34. The number of ketones is 1. The van der Waals surface area contributed by atoms with Crippen molar-refractivity contribution in [3.05, 3.63) is 64.2 Å². The zero-order valence-electron chi connectivity index (χ0n) is 11.5. The summed E-state index contributed by atoms with van der Waals surface area (Å²) in [5.41, 5.74) is 0.923. The Morgan fingerprint density at radius 1 is 1.27 bits per heavy atom. The van der Waals surface area contributed by atoms with Crippen LogP contribution in [-0.2, 0) is 0 Å². The molecule has 0 bridgehead atoms. The predicted octanol–water partition coefficient (Wildman–Crippen LogP) is 3.25. The van der Waals surface area contributed by atoms with Crippen LogP contribution in [0.25, 0.3) is 16.9 Å². The van der Waals surface area contributed by atoms with Crippen LogP contribution in [0.4, 0.5) is 10.1 Å². The molecule has 0 fully saturated rings. The molecule has 3 rings (SSSR count). The second kappa shape index (κ2) is 5.03. The Morgan fingerprint density at radius 2 is 1.95 bits per heavy atom. The third kappa shape index (κ3) is 2.12. The van der Waals surface area contributed by atoms with E-state index in [9.17, 15) is 19.3 Å². The molecule has 2 heterocycles. The van der Waals surface area contributed by atoms with Crippen molar-refractivity contribution < 1.29 is 14.1 Å². The van der Waals surface area contributed by atoms with E-state index in [1.54, 1.807) is 6.20 Å². The van der Waals surface area contributed by atoms with Crippen molar-refractivity contribution in [2.75, 3.05) is 0 Å². The third-order valence-electron chi connectivity index (χ3n) is 3.28. The fraction of sp³-hybridized carbons (Fsp3) is 0.0667. The fourth-order valence-electron chi connectivity index (χ4n) is 2.34. The monoisotopic (exact) mass is 299 g/mol. The molecule has 0 aliphatic rings. The van der Waals surface area contributed by atoms with Crippen LogP contribution in [0.1, 0.15) is 17.4 Å². The summed E-state index contributed by atoms with van der Waals surface area (Å²) in [7, 11) is 0. The van der Waals surface area contributed by atoms with Gasteiger partial charge in [-0.1, -0.05) is 0 Å². The van der Waals surface area contributed by atoms with Crippen LogP contribution in [-0.4, -0.2) is 20.1 Å². The van der Waals surface area contributed by atoms with Gasteiger partial charge < -0.3 is 0 Å². The van der Waals surface area contributed by atoms with Gasteiger partial charge in [-0.2, -0.15) is 0 Å². The Labute approximate surface area is 124 Å². The number of aromatic nitrogens is 2. The standard InChI is InChI=1S/C15H10FN3O3/c1-9(20)14-13(10-4-6-11(16)7-5-10)17-15-12(19(21)22)3-2-8-18(14)15/h2-8H,1H3. The Kier molecular flexibility index (Phi) is 3.17. The second-order valence-electron chi connectivity index (χ2n) is 4.72. The van der Waals surface area contributed by atoms with E-state index < -0.39 is 10.7 Å². The molecule has 0 amide bonds. The van der Waals surface area contributed by atoms with Crippen LogP contribution in [0.2, 0.25) is 0 Å². The Hall–Kier alpha value is -3.09. The number of benzene rings is 1. The van der Waals surface area contributed by atoms with Crippen molar-refractivity contribution in [1.82, 2.24) is 9.38 Å². The minimum Gasteiger partial charge on any atom is -0.293 e. The predicted molar refractivity (Wildman–Crippen MR) is 77.2 cm³/mol. The number of fused-ring (bicyclic) bond motifs is 1. The number of nitrogens with zero attached hydrogens (tertiary/aromatic N) is 3. The number of carbonyl (C=O) groups excluding carboxylic acids is 1. The van der Waals surface area contributed by atoms with E-state index in [0.29, 0.717) is 11.3 Å². The lowest BCUT2D eigenvalue weighted by Gasteiger charge is -2.01. The first-order valence-corrected chi connectivity index (χ1v) is 6.41. The maximum absolute atomic E-state index is 13.1.